The molecule has 1 N–H and O–H groups in total. The van der Waals surface area contributed by atoms with Crippen molar-refractivity contribution in [1.82, 2.24) is 10.4 Å². The highest BCUT2D eigenvalue weighted by Gasteiger charge is 2.52. The molecule has 0 unspecified atom stereocenters. The number of benzene rings is 1. The smallest absolute Gasteiger partial charge is 0.376 e. The van der Waals surface area contributed by atoms with Crippen LogP contribution in [0.15, 0.2) is 18.2 Å². The molecule has 27 heavy (non-hydrogen) atoms. The zero-order chi connectivity index (χ0) is 20.4. The van der Waals surface area contributed by atoms with Crippen molar-refractivity contribution < 1.29 is 41.1 Å². The fourth-order valence-electron chi connectivity index (χ4n) is 2.53. The van der Waals surface area contributed by atoms with Crippen LogP contribution in [-0.2, 0) is 25.7 Å². The molecule has 0 saturated carbocycles. The van der Waals surface area contributed by atoms with Crippen LogP contribution >= 0.6 is 11.6 Å². The molecule has 0 spiro atoms. The molecule has 1 amide bonds. The number of hydroxylamine groups is 2. The van der Waals surface area contributed by atoms with E-state index in [-0.39, 0.29) is 22.2 Å². The molecule has 0 aliphatic carbocycles. The van der Waals surface area contributed by atoms with Gasteiger partial charge in [-0.1, -0.05) is 23.7 Å². The topological polar surface area (TPSA) is 67.9 Å². The molecule has 3 atom stereocenters. The van der Waals surface area contributed by atoms with Crippen molar-refractivity contribution >= 4 is 23.5 Å². The predicted molar refractivity (Wildman–Crippen MR) is 81.6 cm³/mol. The Hall–Kier alpha value is -1.98. The number of alkyl halides is 4. The molecule has 1 aliphatic rings. The molecule has 0 bridgehead atoms. The summed E-state index contributed by atoms with van der Waals surface area (Å²) in [6, 6.07) is 2.34. The first-order chi connectivity index (χ1) is 12.6. The number of methoxy groups -OCH3 is 1. The van der Waals surface area contributed by atoms with Crippen LogP contribution in [0.3, 0.4) is 0 Å². The second-order valence-corrected chi connectivity index (χ2v) is 5.98. The Balaban J connectivity index is 2.13. The van der Waals surface area contributed by atoms with Gasteiger partial charge in [0.05, 0.1) is 11.6 Å². The molecule has 2 rings (SSSR count). The average Bonchev–Trinajstić information content (AvgIpc) is 2.90. The van der Waals surface area contributed by atoms with Gasteiger partial charge in [0.15, 0.2) is 6.04 Å². The molecule has 6 nitrogen and oxygen atoms in total. The van der Waals surface area contributed by atoms with Gasteiger partial charge in [-0.25, -0.2) is 13.6 Å². The SMILES string of the molecule is CO[C@H]1[C@@H](C(=O)NCc2cccc(Cl)c2F)N(OC(=O)C(F)(F)F)C[C@@H]1F. The van der Waals surface area contributed by atoms with Crippen molar-refractivity contribution in [3.8, 4) is 0 Å². The molecule has 0 radical (unpaired) electrons. The van der Waals surface area contributed by atoms with E-state index in [0.29, 0.717) is 0 Å². The molecule has 12 heteroatoms. The van der Waals surface area contributed by atoms with E-state index >= 15 is 0 Å². The van der Waals surface area contributed by atoms with Crippen LogP contribution in [0.2, 0.25) is 5.02 Å². The lowest BCUT2D eigenvalue weighted by molar-refractivity contribution is -0.242. The molecule has 0 aromatic heterocycles. The molecular formula is C15H14ClF5N2O4. The number of halogens is 6. The lowest BCUT2D eigenvalue weighted by atomic mass is 10.1. The standard InChI is InChI=1S/C15H14ClF5N2O4/c1-26-12-9(17)6-23(27-14(25)15(19,20)21)11(12)13(24)22-5-7-3-2-4-8(16)10(7)18/h2-4,9,11-12H,5-6H2,1H3,(H,22,24)/t9-,11-,12+/m0/s1. The summed E-state index contributed by atoms with van der Waals surface area (Å²) < 4.78 is 69.8. The van der Waals surface area contributed by atoms with E-state index in [1.807, 2.05) is 0 Å². The minimum Gasteiger partial charge on any atom is -0.376 e. The van der Waals surface area contributed by atoms with Gasteiger partial charge < -0.3 is 14.9 Å². The zero-order valence-electron chi connectivity index (χ0n) is 13.7. The Morgan fingerprint density at radius 1 is 1.37 bits per heavy atom. The summed E-state index contributed by atoms with van der Waals surface area (Å²) in [7, 11) is 1.04. The fourth-order valence-corrected chi connectivity index (χ4v) is 2.73. The van der Waals surface area contributed by atoms with Gasteiger partial charge in [0, 0.05) is 19.2 Å². The summed E-state index contributed by atoms with van der Waals surface area (Å²) in [4.78, 5) is 27.4. The first-order valence-electron chi connectivity index (χ1n) is 7.49. The molecule has 1 heterocycles. The van der Waals surface area contributed by atoms with Crippen LogP contribution in [0.4, 0.5) is 22.0 Å². The number of carbonyl (C=O) groups excluding carboxylic acids is 2. The molecule has 1 aromatic carbocycles. The van der Waals surface area contributed by atoms with Gasteiger partial charge in [-0.2, -0.15) is 13.2 Å². The second kappa shape index (κ2) is 8.36. The van der Waals surface area contributed by atoms with Crippen molar-refractivity contribution in [2.24, 2.45) is 0 Å². The molecule has 1 fully saturated rings. The zero-order valence-corrected chi connectivity index (χ0v) is 14.5. The number of rotatable bonds is 5. The van der Waals surface area contributed by atoms with Crippen molar-refractivity contribution in [3.05, 3.63) is 34.6 Å². The van der Waals surface area contributed by atoms with E-state index in [9.17, 15) is 31.5 Å². The monoisotopic (exact) mass is 416 g/mol. The third-order valence-electron chi connectivity index (χ3n) is 3.79. The summed E-state index contributed by atoms with van der Waals surface area (Å²) in [5, 5.41) is 2.31. The number of amides is 1. The predicted octanol–water partition coefficient (Wildman–Crippen LogP) is 2.15. The van der Waals surface area contributed by atoms with Gasteiger partial charge in [0.2, 0.25) is 5.91 Å². The van der Waals surface area contributed by atoms with E-state index in [1.54, 1.807) is 0 Å². The van der Waals surface area contributed by atoms with E-state index in [1.165, 1.54) is 18.2 Å². The third kappa shape index (κ3) is 4.85. The summed E-state index contributed by atoms with van der Waals surface area (Å²) in [5.41, 5.74) is -0.00144. The molecular weight excluding hydrogens is 403 g/mol. The van der Waals surface area contributed by atoms with Crippen LogP contribution in [0.25, 0.3) is 0 Å². The molecule has 150 valence electrons. The van der Waals surface area contributed by atoms with Crippen LogP contribution in [-0.4, -0.2) is 55.1 Å². The van der Waals surface area contributed by atoms with E-state index in [0.717, 1.165) is 7.11 Å². The molecule has 1 aliphatic heterocycles. The number of nitrogens with one attached hydrogen (secondary N) is 1. The highest BCUT2D eigenvalue weighted by molar-refractivity contribution is 6.30. The van der Waals surface area contributed by atoms with E-state index in [4.69, 9.17) is 16.3 Å². The van der Waals surface area contributed by atoms with Crippen LogP contribution < -0.4 is 5.32 Å². The van der Waals surface area contributed by atoms with Crippen LogP contribution in [0, 0.1) is 5.82 Å². The van der Waals surface area contributed by atoms with Gasteiger partial charge in [-0.15, -0.1) is 5.06 Å². The number of nitrogens with zero attached hydrogens (tertiary/aromatic N) is 1. The largest absolute Gasteiger partial charge is 0.492 e. The highest BCUT2D eigenvalue weighted by atomic mass is 35.5. The summed E-state index contributed by atoms with van der Waals surface area (Å²) in [6.07, 6.45) is -8.72. The number of ether oxygens (including phenoxy) is 1. The van der Waals surface area contributed by atoms with Crippen molar-refractivity contribution in [2.45, 2.75) is 31.0 Å². The Labute approximate surface area is 155 Å². The number of hydrogen-bond donors (Lipinski definition) is 1. The Morgan fingerprint density at radius 3 is 2.63 bits per heavy atom. The van der Waals surface area contributed by atoms with Gasteiger partial charge in [-0.3, -0.25) is 4.79 Å². The summed E-state index contributed by atoms with van der Waals surface area (Å²) in [5.74, 6) is -4.42. The second-order valence-electron chi connectivity index (χ2n) is 5.57. The minimum atomic E-state index is -5.33. The number of hydrogen-bond acceptors (Lipinski definition) is 5. The maximum atomic E-state index is 14.0. The lowest BCUT2D eigenvalue weighted by Crippen LogP contribution is -2.50. The maximum Gasteiger partial charge on any atom is 0.492 e. The van der Waals surface area contributed by atoms with Gasteiger partial charge in [0.1, 0.15) is 18.1 Å². The fraction of sp³-hybridized carbons (Fsp3) is 0.467. The first kappa shape index (κ1) is 21.3. The summed E-state index contributed by atoms with van der Waals surface area (Å²) in [6.45, 7) is -1.18. The first-order valence-corrected chi connectivity index (χ1v) is 7.87. The Morgan fingerprint density at radius 2 is 2.04 bits per heavy atom. The highest BCUT2D eigenvalue weighted by Crippen LogP contribution is 2.27. The lowest BCUT2D eigenvalue weighted by Gasteiger charge is -2.25. The molecule has 1 aromatic rings. The maximum absolute atomic E-state index is 14.0. The Kier molecular flexibility index (Phi) is 6.60. The number of carbonyl (C=O) groups is 2. The van der Waals surface area contributed by atoms with Gasteiger partial charge >= 0.3 is 12.1 Å². The quantitative estimate of drug-likeness (QED) is 0.745. The van der Waals surface area contributed by atoms with Crippen molar-refractivity contribution in [2.75, 3.05) is 13.7 Å². The third-order valence-corrected chi connectivity index (χ3v) is 4.08. The van der Waals surface area contributed by atoms with Gasteiger partial charge in [-0.05, 0) is 6.07 Å². The normalized spacial score (nSPS) is 23.3. The van der Waals surface area contributed by atoms with Gasteiger partial charge in [0.25, 0.3) is 0 Å². The van der Waals surface area contributed by atoms with E-state index in [2.05, 4.69) is 10.2 Å². The van der Waals surface area contributed by atoms with Crippen molar-refractivity contribution in [3.63, 3.8) is 0 Å². The summed E-state index contributed by atoms with van der Waals surface area (Å²) >= 11 is 5.61. The minimum absolute atomic E-state index is 0.00144. The van der Waals surface area contributed by atoms with Crippen LogP contribution in [0.1, 0.15) is 5.56 Å². The van der Waals surface area contributed by atoms with E-state index < -0.39 is 48.7 Å². The Bertz CT molecular complexity index is 718. The van der Waals surface area contributed by atoms with Crippen LogP contribution in [0.5, 0.6) is 0 Å². The molecule has 1 saturated heterocycles. The average molecular weight is 417 g/mol. The van der Waals surface area contributed by atoms with Crippen molar-refractivity contribution in [1.29, 1.82) is 0 Å².